The van der Waals surface area contributed by atoms with Crippen molar-refractivity contribution >= 4 is 28.6 Å². The fraction of sp³-hybridized carbons (Fsp3) is 0.130. The summed E-state index contributed by atoms with van der Waals surface area (Å²) < 4.78 is 6.48. The summed E-state index contributed by atoms with van der Waals surface area (Å²) in [4.78, 5) is 27.5. The number of methoxy groups -OCH3 is 1. The molecular weight excluding hydrogens is 380 g/mol. The summed E-state index contributed by atoms with van der Waals surface area (Å²) in [5.74, 6) is -0.517. The number of pyridine rings is 1. The second kappa shape index (κ2) is 7.79. The van der Waals surface area contributed by atoms with E-state index >= 15 is 0 Å². The number of hydrogen-bond donors (Lipinski definition) is 1. The molecule has 0 bridgehead atoms. The van der Waals surface area contributed by atoms with E-state index in [9.17, 15) is 9.59 Å². The van der Waals surface area contributed by atoms with Gasteiger partial charge in [-0.3, -0.25) is 4.79 Å². The normalized spacial score (nSPS) is 10.8. The standard InChI is InChI=1S/C23H20N4O3/c1-14(28)25-19-12-20-21(26-27(2)22(20)24-13-19)18-6-4-5-17(11-18)15-7-9-16(10-8-15)23(29)30-3/h4-13H,1-3H3,(H,25,28). The third-order valence-electron chi connectivity index (χ3n) is 4.77. The Morgan fingerprint density at radius 2 is 1.73 bits per heavy atom. The van der Waals surface area contributed by atoms with Crippen LogP contribution in [0.2, 0.25) is 0 Å². The van der Waals surface area contributed by atoms with Crippen LogP contribution in [0.1, 0.15) is 17.3 Å². The molecule has 0 aliphatic rings. The van der Waals surface area contributed by atoms with Crippen molar-refractivity contribution in [1.82, 2.24) is 14.8 Å². The molecule has 0 aliphatic heterocycles. The van der Waals surface area contributed by atoms with Gasteiger partial charge in [0.05, 0.1) is 24.6 Å². The number of anilines is 1. The van der Waals surface area contributed by atoms with Crippen molar-refractivity contribution in [1.29, 1.82) is 0 Å². The van der Waals surface area contributed by atoms with Gasteiger partial charge < -0.3 is 10.1 Å². The lowest BCUT2D eigenvalue weighted by Crippen LogP contribution is -2.05. The van der Waals surface area contributed by atoms with Gasteiger partial charge in [0.15, 0.2) is 5.65 Å². The lowest BCUT2D eigenvalue weighted by atomic mass is 10.00. The van der Waals surface area contributed by atoms with Gasteiger partial charge in [-0.2, -0.15) is 5.10 Å². The number of benzene rings is 2. The lowest BCUT2D eigenvalue weighted by molar-refractivity contribution is -0.114. The zero-order valence-corrected chi connectivity index (χ0v) is 16.8. The van der Waals surface area contributed by atoms with E-state index in [0.717, 1.165) is 33.4 Å². The summed E-state index contributed by atoms with van der Waals surface area (Å²) in [6.45, 7) is 1.46. The number of carbonyl (C=O) groups excluding carboxylic acids is 2. The summed E-state index contributed by atoms with van der Waals surface area (Å²) >= 11 is 0. The molecule has 0 atom stereocenters. The summed E-state index contributed by atoms with van der Waals surface area (Å²) in [5, 5.41) is 8.26. The predicted molar refractivity (Wildman–Crippen MR) is 115 cm³/mol. The van der Waals surface area contributed by atoms with Crippen LogP contribution in [0.25, 0.3) is 33.4 Å². The molecule has 1 N–H and O–H groups in total. The van der Waals surface area contributed by atoms with E-state index < -0.39 is 0 Å². The molecule has 2 heterocycles. The number of nitrogens with zero attached hydrogens (tertiary/aromatic N) is 3. The van der Waals surface area contributed by atoms with E-state index in [0.29, 0.717) is 11.3 Å². The SMILES string of the molecule is COC(=O)c1ccc(-c2cccc(-c3nn(C)c4ncc(NC(C)=O)cc34)c2)cc1. The molecule has 0 spiro atoms. The van der Waals surface area contributed by atoms with Crippen LogP contribution in [0.4, 0.5) is 5.69 Å². The van der Waals surface area contributed by atoms with Crippen LogP contribution >= 0.6 is 0 Å². The van der Waals surface area contributed by atoms with E-state index in [-0.39, 0.29) is 11.9 Å². The first-order valence-electron chi connectivity index (χ1n) is 9.36. The Hall–Kier alpha value is -4.00. The first-order chi connectivity index (χ1) is 14.5. The molecule has 2 aromatic heterocycles. The van der Waals surface area contributed by atoms with Crippen molar-refractivity contribution in [2.75, 3.05) is 12.4 Å². The van der Waals surface area contributed by atoms with Gasteiger partial charge in [0.2, 0.25) is 5.91 Å². The third kappa shape index (κ3) is 3.65. The molecule has 7 nitrogen and oxygen atoms in total. The second-order valence-corrected chi connectivity index (χ2v) is 6.90. The van der Waals surface area contributed by atoms with Crippen molar-refractivity contribution in [3.8, 4) is 22.4 Å². The van der Waals surface area contributed by atoms with E-state index in [2.05, 4.69) is 15.4 Å². The maximum Gasteiger partial charge on any atom is 0.337 e. The Morgan fingerprint density at radius 1 is 1.00 bits per heavy atom. The highest BCUT2D eigenvalue weighted by molar-refractivity contribution is 5.96. The molecule has 0 unspecified atom stereocenters. The van der Waals surface area contributed by atoms with Crippen molar-refractivity contribution in [3.05, 3.63) is 66.4 Å². The molecule has 0 saturated heterocycles. The van der Waals surface area contributed by atoms with E-state index in [1.54, 1.807) is 23.0 Å². The minimum Gasteiger partial charge on any atom is -0.465 e. The molecule has 30 heavy (non-hydrogen) atoms. The molecule has 150 valence electrons. The summed E-state index contributed by atoms with van der Waals surface area (Å²) in [6.07, 6.45) is 1.62. The Morgan fingerprint density at radius 3 is 2.43 bits per heavy atom. The van der Waals surface area contributed by atoms with E-state index in [4.69, 9.17) is 4.74 Å². The summed E-state index contributed by atoms with van der Waals surface area (Å²) in [6, 6.07) is 17.1. The van der Waals surface area contributed by atoms with Crippen LogP contribution < -0.4 is 5.32 Å². The zero-order valence-electron chi connectivity index (χ0n) is 16.8. The number of esters is 1. The van der Waals surface area contributed by atoms with Crippen molar-refractivity contribution < 1.29 is 14.3 Å². The zero-order chi connectivity index (χ0) is 21.3. The molecule has 0 saturated carbocycles. The number of nitrogens with one attached hydrogen (secondary N) is 1. The molecule has 4 rings (SSSR count). The highest BCUT2D eigenvalue weighted by atomic mass is 16.5. The Balaban J connectivity index is 1.76. The van der Waals surface area contributed by atoms with Crippen LogP contribution in [0.5, 0.6) is 0 Å². The minimum atomic E-state index is -0.363. The molecular formula is C23H20N4O3. The molecule has 0 radical (unpaired) electrons. The maximum absolute atomic E-state index is 11.7. The monoisotopic (exact) mass is 400 g/mol. The summed E-state index contributed by atoms with van der Waals surface area (Å²) in [7, 11) is 3.20. The van der Waals surface area contributed by atoms with Crippen molar-refractivity contribution in [2.24, 2.45) is 7.05 Å². The number of fused-ring (bicyclic) bond motifs is 1. The molecule has 0 aliphatic carbocycles. The Bertz CT molecular complexity index is 1260. The molecule has 0 fully saturated rings. The fourth-order valence-electron chi connectivity index (χ4n) is 3.39. The number of carbonyl (C=O) groups is 2. The largest absolute Gasteiger partial charge is 0.465 e. The van der Waals surface area contributed by atoms with Crippen LogP contribution in [0.3, 0.4) is 0 Å². The van der Waals surface area contributed by atoms with E-state index in [1.165, 1.54) is 14.0 Å². The summed E-state index contributed by atoms with van der Waals surface area (Å²) in [5.41, 5.74) is 5.53. The average Bonchev–Trinajstić information content (AvgIpc) is 3.09. The first kappa shape index (κ1) is 19.3. The molecule has 1 amide bonds. The second-order valence-electron chi connectivity index (χ2n) is 6.90. The maximum atomic E-state index is 11.7. The van der Waals surface area contributed by atoms with Gasteiger partial charge in [0.1, 0.15) is 5.69 Å². The number of amides is 1. The fourth-order valence-corrected chi connectivity index (χ4v) is 3.39. The van der Waals surface area contributed by atoms with Crippen molar-refractivity contribution in [2.45, 2.75) is 6.92 Å². The van der Waals surface area contributed by atoms with Crippen LogP contribution in [0.15, 0.2) is 60.8 Å². The molecule has 2 aromatic carbocycles. The van der Waals surface area contributed by atoms with Crippen LogP contribution in [0, 0.1) is 0 Å². The minimum absolute atomic E-state index is 0.154. The highest BCUT2D eigenvalue weighted by Crippen LogP contribution is 2.31. The van der Waals surface area contributed by atoms with Crippen LogP contribution in [-0.2, 0) is 16.6 Å². The number of hydrogen-bond acceptors (Lipinski definition) is 5. The van der Waals surface area contributed by atoms with E-state index in [1.807, 2.05) is 49.5 Å². The topological polar surface area (TPSA) is 86.1 Å². The van der Waals surface area contributed by atoms with Gasteiger partial charge in [-0.25, -0.2) is 14.5 Å². The van der Waals surface area contributed by atoms with Gasteiger partial charge in [-0.05, 0) is 35.4 Å². The Kier molecular flexibility index (Phi) is 5.02. The van der Waals surface area contributed by atoms with Crippen LogP contribution in [-0.4, -0.2) is 33.8 Å². The number of aromatic nitrogens is 3. The molecule has 7 heteroatoms. The van der Waals surface area contributed by atoms with Gasteiger partial charge in [0.25, 0.3) is 0 Å². The van der Waals surface area contributed by atoms with Crippen molar-refractivity contribution in [3.63, 3.8) is 0 Å². The quantitative estimate of drug-likeness (QED) is 0.523. The van der Waals surface area contributed by atoms with Gasteiger partial charge in [0, 0.05) is 24.9 Å². The third-order valence-corrected chi connectivity index (χ3v) is 4.77. The highest BCUT2D eigenvalue weighted by Gasteiger charge is 2.14. The van der Waals surface area contributed by atoms with Gasteiger partial charge in [-0.15, -0.1) is 0 Å². The first-order valence-corrected chi connectivity index (χ1v) is 9.36. The smallest absolute Gasteiger partial charge is 0.337 e. The Labute approximate surface area is 173 Å². The predicted octanol–water partition coefficient (Wildman–Crippen LogP) is 4.05. The number of ether oxygens (including phenoxy) is 1. The lowest BCUT2D eigenvalue weighted by Gasteiger charge is -2.06. The van der Waals surface area contributed by atoms with Gasteiger partial charge in [-0.1, -0.05) is 30.3 Å². The average molecular weight is 400 g/mol. The van der Waals surface area contributed by atoms with Gasteiger partial charge >= 0.3 is 5.97 Å². The number of rotatable bonds is 4. The molecule has 4 aromatic rings. The number of aryl methyl sites for hydroxylation is 1.